The lowest BCUT2D eigenvalue weighted by atomic mass is 9.95. The number of H-pyrrole nitrogens is 1. The van der Waals surface area contributed by atoms with E-state index in [0.29, 0.717) is 23.3 Å². The summed E-state index contributed by atoms with van der Waals surface area (Å²) in [4.78, 5) is 31.4. The zero-order chi connectivity index (χ0) is 27.0. The van der Waals surface area contributed by atoms with Crippen molar-refractivity contribution in [1.29, 1.82) is 0 Å². The van der Waals surface area contributed by atoms with E-state index >= 15 is 0 Å². The van der Waals surface area contributed by atoms with Crippen molar-refractivity contribution in [1.82, 2.24) is 9.88 Å². The molecule has 0 radical (unpaired) electrons. The van der Waals surface area contributed by atoms with E-state index in [9.17, 15) is 19.8 Å². The van der Waals surface area contributed by atoms with E-state index in [2.05, 4.69) is 20.9 Å². The van der Waals surface area contributed by atoms with Gasteiger partial charge in [-0.25, -0.2) is 0 Å². The van der Waals surface area contributed by atoms with Gasteiger partial charge in [-0.2, -0.15) is 0 Å². The Labute approximate surface area is 227 Å². The number of nitrogens with one attached hydrogen (secondary N) is 1. The molecule has 1 unspecified atom stereocenters. The van der Waals surface area contributed by atoms with Crippen molar-refractivity contribution in [3.05, 3.63) is 93.6 Å². The van der Waals surface area contributed by atoms with E-state index in [0.717, 1.165) is 20.9 Å². The number of aliphatic hydroxyl groups is 1. The fourth-order valence-electron chi connectivity index (χ4n) is 4.82. The molecule has 1 amide bonds. The monoisotopic (exact) mass is 576 g/mol. The zero-order valence-corrected chi connectivity index (χ0v) is 22.3. The van der Waals surface area contributed by atoms with Crippen molar-refractivity contribution in [2.75, 3.05) is 20.8 Å². The molecule has 0 aliphatic carbocycles. The van der Waals surface area contributed by atoms with Crippen molar-refractivity contribution >= 4 is 44.3 Å². The van der Waals surface area contributed by atoms with Crippen LogP contribution in [0.4, 0.5) is 0 Å². The molecule has 1 aromatic heterocycles. The van der Waals surface area contributed by atoms with Crippen LogP contribution >= 0.6 is 15.9 Å². The number of Topliss-reactive ketones (excluding diaryl/α,β-unsaturated/α-hetero) is 1. The minimum atomic E-state index is -0.882. The van der Waals surface area contributed by atoms with Crippen molar-refractivity contribution in [2.45, 2.75) is 12.5 Å². The summed E-state index contributed by atoms with van der Waals surface area (Å²) in [5.41, 5.74) is 2.79. The van der Waals surface area contributed by atoms with Gasteiger partial charge in [0, 0.05) is 33.7 Å². The Morgan fingerprint density at radius 2 is 1.79 bits per heavy atom. The molecular formula is C29H25BrN2O6. The number of carbonyl (C=O) groups is 2. The first-order chi connectivity index (χ1) is 18.3. The number of amides is 1. The molecule has 0 bridgehead atoms. The summed E-state index contributed by atoms with van der Waals surface area (Å²) in [5, 5.41) is 22.3. The number of likely N-dealkylation sites (tertiary alicyclic amines) is 1. The van der Waals surface area contributed by atoms with Crippen LogP contribution in [0.5, 0.6) is 17.2 Å². The third-order valence-corrected chi connectivity index (χ3v) is 7.30. The van der Waals surface area contributed by atoms with Crippen LogP contribution in [-0.4, -0.2) is 52.6 Å². The number of halogens is 1. The van der Waals surface area contributed by atoms with Crippen LogP contribution in [0.15, 0.2) is 76.9 Å². The summed E-state index contributed by atoms with van der Waals surface area (Å²) in [6.45, 7) is 0.208. The predicted molar refractivity (Wildman–Crippen MR) is 146 cm³/mol. The summed E-state index contributed by atoms with van der Waals surface area (Å²) < 4.78 is 11.4. The van der Waals surface area contributed by atoms with Gasteiger partial charge in [-0.3, -0.25) is 9.59 Å². The van der Waals surface area contributed by atoms with Crippen molar-refractivity contribution in [3.8, 4) is 17.2 Å². The number of benzene rings is 3. The summed E-state index contributed by atoms with van der Waals surface area (Å²) in [6, 6.07) is 16.3. The lowest BCUT2D eigenvalue weighted by Gasteiger charge is -2.25. The second kappa shape index (κ2) is 10.3. The first-order valence-electron chi connectivity index (χ1n) is 11.9. The average molecular weight is 577 g/mol. The second-order valence-corrected chi connectivity index (χ2v) is 9.82. The van der Waals surface area contributed by atoms with Gasteiger partial charge >= 0.3 is 0 Å². The fraction of sp³-hybridized carbons (Fsp3) is 0.172. The standard InChI is InChI=1S/C29H25BrN2O6/c1-37-20-8-9-22-21(14-20)18(15-31-22)11-12-32-26(17-5-10-23(33)24(13-17)38-2)25(28(35)29(32)36)27(34)16-3-6-19(30)7-4-16/h3-10,13-15,26,31,33-34H,11-12H2,1-2H3/b27-25-. The Kier molecular flexibility index (Phi) is 6.86. The number of phenolic OH excluding ortho intramolecular Hbond substituents is 1. The van der Waals surface area contributed by atoms with Crippen LogP contribution in [0.1, 0.15) is 22.7 Å². The van der Waals surface area contributed by atoms with E-state index in [4.69, 9.17) is 9.47 Å². The van der Waals surface area contributed by atoms with Crippen LogP contribution in [-0.2, 0) is 16.0 Å². The molecule has 5 rings (SSSR count). The number of ether oxygens (including phenoxy) is 2. The fourth-order valence-corrected chi connectivity index (χ4v) is 5.08. The van der Waals surface area contributed by atoms with Crippen molar-refractivity contribution in [2.24, 2.45) is 0 Å². The normalized spacial score (nSPS) is 16.8. The number of ketones is 1. The maximum atomic E-state index is 13.3. The maximum Gasteiger partial charge on any atom is 0.295 e. The molecule has 1 atom stereocenters. The van der Waals surface area contributed by atoms with Gasteiger partial charge < -0.3 is 29.6 Å². The van der Waals surface area contributed by atoms with E-state index in [-0.39, 0.29) is 29.4 Å². The Bertz CT molecular complexity index is 1570. The molecule has 0 spiro atoms. The number of hydrogen-bond donors (Lipinski definition) is 3. The number of hydrogen-bond acceptors (Lipinski definition) is 6. The molecule has 4 aromatic rings. The minimum absolute atomic E-state index is 0.0225. The zero-order valence-electron chi connectivity index (χ0n) is 20.7. The second-order valence-electron chi connectivity index (χ2n) is 8.91. The molecule has 194 valence electrons. The summed E-state index contributed by atoms with van der Waals surface area (Å²) >= 11 is 3.37. The Morgan fingerprint density at radius 3 is 2.50 bits per heavy atom. The third-order valence-electron chi connectivity index (χ3n) is 6.77. The molecule has 2 heterocycles. The van der Waals surface area contributed by atoms with Gasteiger partial charge in [0.15, 0.2) is 11.5 Å². The number of aromatic hydroxyl groups is 1. The summed E-state index contributed by atoms with van der Waals surface area (Å²) in [7, 11) is 3.02. The quantitative estimate of drug-likeness (QED) is 0.156. The molecule has 9 heteroatoms. The highest BCUT2D eigenvalue weighted by atomic mass is 79.9. The van der Waals surface area contributed by atoms with Gasteiger partial charge in [0.25, 0.3) is 11.7 Å². The van der Waals surface area contributed by atoms with Crippen LogP contribution in [0.2, 0.25) is 0 Å². The van der Waals surface area contributed by atoms with Crippen molar-refractivity contribution < 1.29 is 29.3 Å². The number of aliphatic hydroxyl groups excluding tert-OH is 1. The Balaban J connectivity index is 1.58. The lowest BCUT2D eigenvalue weighted by molar-refractivity contribution is -0.139. The molecular weight excluding hydrogens is 552 g/mol. The smallest absolute Gasteiger partial charge is 0.295 e. The first-order valence-corrected chi connectivity index (χ1v) is 12.7. The number of aromatic nitrogens is 1. The number of nitrogens with zero attached hydrogens (tertiary/aromatic N) is 1. The largest absolute Gasteiger partial charge is 0.507 e. The molecule has 3 N–H and O–H groups in total. The number of methoxy groups -OCH3 is 2. The van der Waals surface area contributed by atoms with Crippen LogP contribution in [0, 0.1) is 0 Å². The van der Waals surface area contributed by atoms with Gasteiger partial charge in [0.05, 0.1) is 25.8 Å². The van der Waals surface area contributed by atoms with Crippen LogP contribution in [0.3, 0.4) is 0 Å². The molecule has 1 saturated heterocycles. The Hall–Kier alpha value is -4.24. The number of fused-ring (bicyclic) bond motifs is 1. The first kappa shape index (κ1) is 25.4. The molecule has 38 heavy (non-hydrogen) atoms. The number of phenols is 1. The number of rotatable bonds is 7. The summed E-state index contributed by atoms with van der Waals surface area (Å²) in [5.74, 6) is -0.924. The third kappa shape index (κ3) is 4.50. The number of carbonyl (C=O) groups excluding carboxylic acids is 2. The SMILES string of the molecule is COc1ccc2[nH]cc(CCN3C(=O)C(=O)/C(=C(\O)c4ccc(Br)cc4)C3c3ccc(O)c(OC)c3)c2c1. The minimum Gasteiger partial charge on any atom is -0.507 e. The van der Waals surface area contributed by atoms with Gasteiger partial charge in [-0.05, 0) is 60.0 Å². The molecule has 1 fully saturated rings. The maximum absolute atomic E-state index is 13.3. The molecule has 8 nitrogen and oxygen atoms in total. The lowest BCUT2D eigenvalue weighted by Crippen LogP contribution is -2.31. The average Bonchev–Trinajstić information content (AvgIpc) is 3.45. The van der Waals surface area contributed by atoms with Crippen molar-refractivity contribution in [3.63, 3.8) is 0 Å². The molecule has 3 aromatic carbocycles. The van der Waals surface area contributed by atoms with E-state index in [1.165, 1.54) is 18.1 Å². The number of aromatic amines is 1. The van der Waals surface area contributed by atoms with Gasteiger partial charge in [0.1, 0.15) is 11.5 Å². The topological polar surface area (TPSA) is 112 Å². The van der Waals surface area contributed by atoms with Gasteiger partial charge in [-0.1, -0.05) is 34.1 Å². The van der Waals surface area contributed by atoms with Crippen LogP contribution in [0.25, 0.3) is 16.7 Å². The van der Waals surface area contributed by atoms with E-state index in [1.807, 2.05) is 24.4 Å². The Morgan fingerprint density at radius 1 is 1.03 bits per heavy atom. The van der Waals surface area contributed by atoms with E-state index in [1.54, 1.807) is 43.5 Å². The highest BCUT2D eigenvalue weighted by Gasteiger charge is 2.46. The van der Waals surface area contributed by atoms with Crippen LogP contribution < -0.4 is 9.47 Å². The summed E-state index contributed by atoms with van der Waals surface area (Å²) in [6.07, 6.45) is 2.32. The van der Waals surface area contributed by atoms with Gasteiger partial charge in [-0.15, -0.1) is 0 Å². The molecule has 1 aliphatic heterocycles. The van der Waals surface area contributed by atoms with E-state index < -0.39 is 17.7 Å². The van der Waals surface area contributed by atoms with Gasteiger partial charge in [0.2, 0.25) is 0 Å². The highest BCUT2D eigenvalue weighted by molar-refractivity contribution is 9.10. The molecule has 0 saturated carbocycles. The molecule has 1 aliphatic rings. The predicted octanol–water partition coefficient (Wildman–Crippen LogP) is 5.32. The highest BCUT2D eigenvalue weighted by Crippen LogP contribution is 2.42.